The second kappa shape index (κ2) is 10.8. The van der Waals surface area contributed by atoms with E-state index in [-0.39, 0.29) is 37.4 Å². The SMILES string of the molecule is CCc1ccc(C2CNCCN2C(=O)CCOc2cccc(C(N)=O)c2)cc1.Cl. The number of primary amides is 1. The van der Waals surface area contributed by atoms with Crippen LogP contribution >= 0.6 is 12.4 Å². The van der Waals surface area contributed by atoms with Gasteiger partial charge >= 0.3 is 0 Å². The maximum atomic E-state index is 12.8. The van der Waals surface area contributed by atoms with Crippen LogP contribution in [0.3, 0.4) is 0 Å². The summed E-state index contributed by atoms with van der Waals surface area (Å²) in [7, 11) is 0. The summed E-state index contributed by atoms with van der Waals surface area (Å²) >= 11 is 0. The molecule has 1 atom stereocenters. The lowest BCUT2D eigenvalue weighted by Crippen LogP contribution is -2.48. The van der Waals surface area contributed by atoms with Crippen LogP contribution in [0.25, 0.3) is 0 Å². The molecule has 0 saturated carbocycles. The molecule has 1 aliphatic heterocycles. The van der Waals surface area contributed by atoms with Crippen LogP contribution in [0, 0.1) is 0 Å². The molecule has 2 amide bonds. The molecule has 0 aliphatic carbocycles. The smallest absolute Gasteiger partial charge is 0.248 e. The second-order valence-corrected chi connectivity index (χ2v) is 6.89. The summed E-state index contributed by atoms with van der Waals surface area (Å²) in [6.45, 7) is 4.60. The van der Waals surface area contributed by atoms with Crippen molar-refractivity contribution in [2.75, 3.05) is 26.2 Å². The van der Waals surface area contributed by atoms with Crippen molar-refractivity contribution < 1.29 is 14.3 Å². The molecule has 2 aromatic carbocycles. The van der Waals surface area contributed by atoms with Gasteiger partial charge in [-0.2, -0.15) is 0 Å². The van der Waals surface area contributed by atoms with Gasteiger partial charge in [0.25, 0.3) is 0 Å². The molecule has 0 spiro atoms. The third-order valence-corrected chi connectivity index (χ3v) is 5.04. The van der Waals surface area contributed by atoms with Crippen LogP contribution in [0.2, 0.25) is 0 Å². The van der Waals surface area contributed by atoms with E-state index in [0.29, 0.717) is 17.9 Å². The average molecular weight is 418 g/mol. The number of rotatable bonds is 7. The number of benzene rings is 2. The third kappa shape index (κ3) is 5.95. The van der Waals surface area contributed by atoms with Gasteiger partial charge in [0.1, 0.15) is 5.75 Å². The third-order valence-electron chi connectivity index (χ3n) is 5.04. The predicted molar refractivity (Wildman–Crippen MR) is 115 cm³/mol. The van der Waals surface area contributed by atoms with Gasteiger partial charge in [0, 0.05) is 25.2 Å². The fourth-order valence-electron chi connectivity index (χ4n) is 3.42. The Balaban J connectivity index is 0.00000300. The van der Waals surface area contributed by atoms with Crippen LogP contribution in [0.15, 0.2) is 48.5 Å². The highest BCUT2D eigenvalue weighted by molar-refractivity contribution is 5.93. The van der Waals surface area contributed by atoms with Crippen LogP contribution in [-0.4, -0.2) is 43.0 Å². The summed E-state index contributed by atoms with van der Waals surface area (Å²) in [5.41, 5.74) is 8.11. The number of hydrogen-bond donors (Lipinski definition) is 2. The van der Waals surface area contributed by atoms with Gasteiger partial charge in [0.15, 0.2) is 0 Å². The molecule has 3 N–H and O–H groups in total. The minimum Gasteiger partial charge on any atom is -0.493 e. The number of amides is 2. The second-order valence-electron chi connectivity index (χ2n) is 6.89. The molecular weight excluding hydrogens is 390 g/mol. The van der Waals surface area contributed by atoms with E-state index < -0.39 is 5.91 Å². The van der Waals surface area contributed by atoms with Gasteiger partial charge in [-0.15, -0.1) is 12.4 Å². The highest BCUT2D eigenvalue weighted by atomic mass is 35.5. The van der Waals surface area contributed by atoms with Crippen LogP contribution in [0.1, 0.15) is 40.9 Å². The number of aryl methyl sites for hydroxylation is 1. The van der Waals surface area contributed by atoms with Gasteiger partial charge in [-0.3, -0.25) is 9.59 Å². The first-order chi connectivity index (χ1) is 13.6. The lowest BCUT2D eigenvalue weighted by molar-refractivity contribution is -0.135. The first-order valence-electron chi connectivity index (χ1n) is 9.70. The molecular formula is C22H28ClN3O3. The number of nitrogens with one attached hydrogen (secondary N) is 1. The normalized spacial score (nSPS) is 16.0. The standard InChI is InChI=1S/C22H27N3O3.ClH/c1-2-16-6-8-17(9-7-16)20-15-24-11-12-25(20)21(26)10-13-28-19-5-3-4-18(14-19)22(23)27;/h3-9,14,20,24H,2,10-13,15H2,1H3,(H2,23,27);1H. The highest BCUT2D eigenvalue weighted by Crippen LogP contribution is 2.24. The maximum absolute atomic E-state index is 12.8. The number of carbonyl (C=O) groups excluding carboxylic acids is 2. The topological polar surface area (TPSA) is 84.7 Å². The summed E-state index contributed by atoms with van der Waals surface area (Å²) in [4.78, 5) is 26.0. The Bertz CT molecular complexity index is 826. The lowest BCUT2D eigenvalue weighted by atomic mass is 10.0. The minimum absolute atomic E-state index is 0. The Labute approximate surface area is 177 Å². The number of nitrogens with zero attached hydrogens (tertiary/aromatic N) is 1. The molecule has 29 heavy (non-hydrogen) atoms. The number of halogens is 1. The van der Waals surface area contributed by atoms with E-state index in [1.165, 1.54) is 5.56 Å². The van der Waals surface area contributed by atoms with Gasteiger partial charge in [0.2, 0.25) is 11.8 Å². The molecule has 0 radical (unpaired) electrons. The molecule has 0 aromatic heterocycles. The average Bonchev–Trinajstić information content (AvgIpc) is 2.74. The Hall–Kier alpha value is -2.57. The first kappa shape index (κ1) is 22.7. The number of piperazine rings is 1. The molecule has 7 heteroatoms. The van der Waals surface area contributed by atoms with E-state index in [1.54, 1.807) is 24.3 Å². The quantitative estimate of drug-likeness (QED) is 0.725. The first-order valence-corrected chi connectivity index (χ1v) is 9.70. The van der Waals surface area contributed by atoms with E-state index >= 15 is 0 Å². The zero-order chi connectivity index (χ0) is 19.9. The molecule has 1 saturated heterocycles. The van der Waals surface area contributed by atoms with Gasteiger partial charge in [-0.1, -0.05) is 37.3 Å². The monoisotopic (exact) mass is 417 g/mol. The number of ether oxygens (including phenoxy) is 1. The molecule has 3 rings (SSSR count). The lowest BCUT2D eigenvalue weighted by Gasteiger charge is -2.36. The molecule has 156 valence electrons. The van der Waals surface area contributed by atoms with Crippen molar-refractivity contribution in [2.24, 2.45) is 5.73 Å². The van der Waals surface area contributed by atoms with E-state index in [2.05, 4.69) is 36.5 Å². The Morgan fingerprint density at radius 1 is 1.21 bits per heavy atom. The zero-order valence-electron chi connectivity index (χ0n) is 16.6. The van der Waals surface area contributed by atoms with Crippen molar-refractivity contribution >= 4 is 24.2 Å². The number of hydrogen-bond acceptors (Lipinski definition) is 4. The van der Waals surface area contributed by atoms with E-state index in [1.807, 2.05) is 4.90 Å². The number of carbonyl (C=O) groups is 2. The van der Waals surface area contributed by atoms with Gasteiger partial charge in [-0.05, 0) is 35.7 Å². The summed E-state index contributed by atoms with van der Waals surface area (Å²) in [6, 6.07) is 15.2. The molecule has 1 unspecified atom stereocenters. The summed E-state index contributed by atoms with van der Waals surface area (Å²) < 4.78 is 5.66. The number of nitrogens with two attached hydrogens (primary N) is 1. The Kier molecular flexibility index (Phi) is 8.49. The predicted octanol–water partition coefficient (Wildman–Crippen LogP) is 2.71. The molecule has 6 nitrogen and oxygen atoms in total. The molecule has 1 aliphatic rings. The van der Waals surface area contributed by atoms with Gasteiger partial charge in [0.05, 0.1) is 19.1 Å². The highest BCUT2D eigenvalue weighted by Gasteiger charge is 2.27. The van der Waals surface area contributed by atoms with Crippen LogP contribution < -0.4 is 15.8 Å². The van der Waals surface area contributed by atoms with Crippen LogP contribution in [-0.2, 0) is 11.2 Å². The molecule has 1 heterocycles. The summed E-state index contributed by atoms with van der Waals surface area (Å²) in [5.74, 6) is 0.104. The van der Waals surface area contributed by atoms with E-state index in [9.17, 15) is 9.59 Å². The molecule has 2 aromatic rings. The Morgan fingerprint density at radius 2 is 1.97 bits per heavy atom. The van der Waals surface area contributed by atoms with Crippen molar-refractivity contribution in [1.82, 2.24) is 10.2 Å². The van der Waals surface area contributed by atoms with Crippen LogP contribution in [0.4, 0.5) is 0 Å². The van der Waals surface area contributed by atoms with Crippen molar-refractivity contribution in [2.45, 2.75) is 25.8 Å². The van der Waals surface area contributed by atoms with Crippen molar-refractivity contribution in [3.05, 3.63) is 65.2 Å². The fourth-order valence-corrected chi connectivity index (χ4v) is 3.42. The van der Waals surface area contributed by atoms with Crippen LogP contribution in [0.5, 0.6) is 5.75 Å². The van der Waals surface area contributed by atoms with Gasteiger partial charge in [-0.25, -0.2) is 0 Å². The molecule has 1 fully saturated rings. The molecule has 0 bridgehead atoms. The van der Waals surface area contributed by atoms with E-state index in [4.69, 9.17) is 10.5 Å². The van der Waals surface area contributed by atoms with Crippen molar-refractivity contribution in [3.8, 4) is 5.75 Å². The van der Waals surface area contributed by atoms with E-state index in [0.717, 1.165) is 25.1 Å². The summed E-state index contributed by atoms with van der Waals surface area (Å²) in [6.07, 6.45) is 1.28. The maximum Gasteiger partial charge on any atom is 0.248 e. The van der Waals surface area contributed by atoms with Gasteiger partial charge < -0.3 is 20.7 Å². The van der Waals surface area contributed by atoms with Crippen molar-refractivity contribution in [1.29, 1.82) is 0 Å². The zero-order valence-corrected chi connectivity index (χ0v) is 17.4. The fraction of sp³-hybridized carbons (Fsp3) is 0.364. The summed E-state index contributed by atoms with van der Waals surface area (Å²) in [5, 5.41) is 3.38. The minimum atomic E-state index is -0.501. The Morgan fingerprint density at radius 3 is 2.66 bits per heavy atom. The van der Waals surface area contributed by atoms with Crippen molar-refractivity contribution in [3.63, 3.8) is 0 Å². The largest absolute Gasteiger partial charge is 0.493 e.